The molecule has 0 fully saturated rings. The van der Waals surface area contributed by atoms with Gasteiger partial charge in [0, 0.05) is 24.5 Å². The van der Waals surface area contributed by atoms with Gasteiger partial charge in [0.2, 0.25) is 11.4 Å². The molecule has 2 atom stereocenters. The number of ether oxygens (including phenoxy) is 4. The Labute approximate surface area is 163 Å². The van der Waals surface area contributed by atoms with Crippen LogP contribution in [0.5, 0.6) is 17.2 Å². The molecule has 0 N–H and O–H groups in total. The first kappa shape index (κ1) is 19.5. The Morgan fingerprint density at radius 3 is 2.59 bits per heavy atom. The Balaban J connectivity index is 2.14. The number of allylic oxidation sites excluding steroid dienone is 1. The van der Waals surface area contributed by atoms with E-state index in [1.165, 1.54) is 20.3 Å². The summed E-state index contributed by atoms with van der Waals surface area (Å²) < 4.78 is 22.7. The van der Waals surface area contributed by atoms with Gasteiger partial charge in [-0.3, -0.25) is 9.59 Å². The molecule has 1 aliphatic heterocycles. The summed E-state index contributed by atoms with van der Waals surface area (Å²) in [6.07, 6.45) is 3.28. The largest absolute Gasteiger partial charge is 0.496 e. The second-order valence-corrected chi connectivity index (χ2v) is 7.13. The summed E-state index contributed by atoms with van der Waals surface area (Å²) in [4.78, 5) is 25.7. The van der Waals surface area contributed by atoms with Gasteiger partial charge >= 0.3 is 0 Å². The molecule has 0 unspecified atom stereocenters. The van der Waals surface area contributed by atoms with E-state index >= 15 is 0 Å². The van der Waals surface area contributed by atoms with Crippen LogP contribution in [-0.4, -0.2) is 38.0 Å². The smallest absolute Gasteiger partial charge is 0.231 e. The molecule has 7 heteroatoms. The molecule has 1 heterocycles. The summed E-state index contributed by atoms with van der Waals surface area (Å²) in [5, 5.41) is 0.190. The first-order valence-corrected chi connectivity index (χ1v) is 9.34. The molecule has 0 aromatic heterocycles. The first-order valence-electron chi connectivity index (χ1n) is 8.96. The number of rotatable bonds is 6. The number of hydrogen-bond donors (Lipinski definition) is 0. The van der Waals surface area contributed by atoms with Gasteiger partial charge in [-0.05, 0) is 6.42 Å². The van der Waals surface area contributed by atoms with Gasteiger partial charge in [-0.2, -0.15) is 0 Å². The molecule has 0 amide bonds. The lowest BCUT2D eigenvalue weighted by atomic mass is 9.75. The lowest BCUT2D eigenvalue weighted by molar-refractivity contribution is -0.118. The quantitative estimate of drug-likeness (QED) is 0.679. The third-order valence-electron chi connectivity index (χ3n) is 5.03. The molecule has 1 aliphatic carbocycles. The first-order chi connectivity index (χ1) is 12.9. The number of carbonyl (C=O) groups excluding carboxylic acids is 2. The summed E-state index contributed by atoms with van der Waals surface area (Å²) in [5.41, 5.74) is -1.18. The maximum atomic E-state index is 13.5. The summed E-state index contributed by atoms with van der Waals surface area (Å²) in [6.45, 7) is 4.23. The van der Waals surface area contributed by atoms with E-state index in [0.717, 1.165) is 12.8 Å². The van der Waals surface area contributed by atoms with Crippen LogP contribution in [0.1, 0.15) is 43.5 Å². The Morgan fingerprint density at radius 2 is 1.96 bits per heavy atom. The average Bonchev–Trinajstić information content (AvgIpc) is 2.95. The van der Waals surface area contributed by atoms with Crippen LogP contribution in [0.3, 0.4) is 0 Å². The molecule has 146 valence electrons. The van der Waals surface area contributed by atoms with Crippen molar-refractivity contribution in [3.63, 3.8) is 0 Å². The zero-order valence-corrected chi connectivity index (χ0v) is 16.6. The summed E-state index contributed by atoms with van der Waals surface area (Å²) in [6, 6.07) is 1.56. The Morgan fingerprint density at radius 1 is 1.26 bits per heavy atom. The van der Waals surface area contributed by atoms with E-state index in [1.54, 1.807) is 13.0 Å². The minimum atomic E-state index is -1.42. The normalized spacial score (nSPS) is 23.7. The molecule has 1 aromatic carbocycles. The van der Waals surface area contributed by atoms with Gasteiger partial charge in [0.15, 0.2) is 17.3 Å². The molecule has 2 aliphatic rings. The van der Waals surface area contributed by atoms with Crippen molar-refractivity contribution in [3.8, 4) is 17.2 Å². The fraction of sp³-hybridized carbons (Fsp3) is 0.500. The molecule has 27 heavy (non-hydrogen) atoms. The average molecular weight is 395 g/mol. The van der Waals surface area contributed by atoms with Gasteiger partial charge in [-0.25, -0.2) is 0 Å². The highest BCUT2D eigenvalue weighted by Gasteiger charge is 2.60. The van der Waals surface area contributed by atoms with Crippen LogP contribution in [0.15, 0.2) is 17.9 Å². The van der Waals surface area contributed by atoms with Gasteiger partial charge in [0.1, 0.15) is 22.1 Å². The Bertz CT molecular complexity index is 815. The minimum absolute atomic E-state index is 0.0948. The van der Waals surface area contributed by atoms with Crippen molar-refractivity contribution in [2.75, 3.05) is 20.8 Å². The zero-order chi connectivity index (χ0) is 19.8. The van der Waals surface area contributed by atoms with Gasteiger partial charge in [-0.15, -0.1) is 0 Å². The van der Waals surface area contributed by atoms with E-state index in [9.17, 15) is 9.59 Å². The second-order valence-electron chi connectivity index (χ2n) is 6.75. The van der Waals surface area contributed by atoms with Crippen LogP contribution in [0.25, 0.3) is 0 Å². The third kappa shape index (κ3) is 2.96. The molecule has 6 nitrogen and oxygen atoms in total. The van der Waals surface area contributed by atoms with Crippen LogP contribution < -0.4 is 14.2 Å². The molecular weight excluding hydrogens is 372 g/mol. The van der Waals surface area contributed by atoms with Crippen molar-refractivity contribution in [2.24, 2.45) is 5.92 Å². The summed E-state index contributed by atoms with van der Waals surface area (Å²) >= 11 is 6.42. The predicted molar refractivity (Wildman–Crippen MR) is 100.0 cm³/mol. The van der Waals surface area contributed by atoms with Crippen LogP contribution in [0.4, 0.5) is 0 Å². The molecule has 0 saturated carbocycles. The van der Waals surface area contributed by atoms with Gasteiger partial charge in [0.25, 0.3) is 0 Å². The minimum Gasteiger partial charge on any atom is -0.496 e. The fourth-order valence-corrected chi connectivity index (χ4v) is 3.83. The van der Waals surface area contributed by atoms with Crippen molar-refractivity contribution in [1.29, 1.82) is 0 Å². The van der Waals surface area contributed by atoms with E-state index in [2.05, 4.69) is 0 Å². The highest BCUT2D eigenvalue weighted by atomic mass is 35.5. The maximum absolute atomic E-state index is 13.5. The number of ketones is 2. The number of carbonyl (C=O) groups is 2. The van der Waals surface area contributed by atoms with Crippen molar-refractivity contribution in [2.45, 2.75) is 38.7 Å². The zero-order valence-electron chi connectivity index (χ0n) is 15.9. The summed E-state index contributed by atoms with van der Waals surface area (Å²) in [5.74, 6) is 0.254. The van der Waals surface area contributed by atoms with Crippen LogP contribution >= 0.6 is 11.6 Å². The molecule has 0 saturated heterocycles. The lowest BCUT2D eigenvalue weighted by Crippen LogP contribution is -2.51. The van der Waals surface area contributed by atoms with Gasteiger partial charge in [-0.1, -0.05) is 31.9 Å². The van der Waals surface area contributed by atoms with Gasteiger partial charge < -0.3 is 18.9 Å². The Hall–Kier alpha value is -2.21. The van der Waals surface area contributed by atoms with Crippen molar-refractivity contribution < 1.29 is 28.5 Å². The SMILES string of the molecule is CCCCOC1=CC(=O)C[C@@H](C)[C@]12Oc1c(Cl)c(OC)cc(OC)c1C2=O. The van der Waals surface area contributed by atoms with E-state index in [0.29, 0.717) is 18.1 Å². The number of benzene rings is 1. The van der Waals surface area contributed by atoms with Crippen molar-refractivity contribution in [3.05, 3.63) is 28.5 Å². The topological polar surface area (TPSA) is 71.1 Å². The lowest BCUT2D eigenvalue weighted by Gasteiger charge is -2.37. The predicted octanol–water partition coefficient (Wildman–Crippen LogP) is 3.98. The number of halogens is 1. The molecular formula is C20H23ClO6. The Kier molecular flexibility index (Phi) is 5.38. The number of hydrogen-bond acceptors (Lipinski definition) is 6. The highest BCUT2D eigenvalue weighted by Crippen LogP contribution is 2.54. The number of fused-ring (bicyclic) bond motifs is 1. The third-order valence-corrected chi connectivity index (χ3v) is 5.39. The van der Waals surface area contributed by atoms with E-state index in [1.807, 2.05) is 6.92 Å². The number of methoxy groups -OCH3 is 2. The van der Waals surface area contributed by atoms with E-state index in [-0.39, 0.29) is 40.1 Å². The monoisotopic (exact) mass is 394 g/mol. The van der Waals surface area contributed by atoms with E-state index in [4.69, 9.17) is 30.5 Å². The molecule has 0 bridgehead atoms. The fourth-order valence-electron chi connectivity index (χ4n) is 3.56. The number of unbranched alkanes of at least 4 members (excludes halogenated alkanes) is 1. The maximum Gasteiger partial charge on any atom is 0.231 e. The van der Waals surface area contributed by atoms with Crippen LogP contribution in [-0.2, 0) is 9.53 Å². The highest BCUT2D eigenvalue weighted by molar-refractivity contribution is 6.35. The second kappa shape index (κ2) is 7.43. The van der Waals surface area contributed by atoms with Crippen molar-refractivity contribution >= 4 is 23.2 Å². The summed E-state index contributed by atoms with van der Waals surface area (Å²) in [7, 11) is 2.93. The van der Waals surface area contributed by atoms with Crippen LogP contribution in [0, 0.1) is 5.92 Å². The van der Waals surface area contributed by atoms with E-state index < -0.39 is 11.5 Å². The molecule has 0 radical (unpaired) electrons. The van der Waals surface area contributed by atoms with Crippen LogP contribution in [0.2, 0.25) is 5.02 Å². The molecule has 3 rings (SSSR count). The van der Waals surface area contributed by atoms with Crippen molar-refractivity contribution in [1.82, 2.24) is 0 Å². The standard InChI is InChI=1S/C20H23ClO6/c1-5-6-7-26-15-9-12(22)8-11(2)20(15)19(23)16-13(24-3)10-14(25-4)17(21)18(16)27-20/h9-11H,5-8H2,1-4H3/t11-,20+/m1/s1. The molecule has 1 aromatic rings. The molecule has 1 spiro atoms. The van der Waals surface area contributed by atoms with Gasteiger partial charge in [0.05, 0.1) is 20.8 Å². The number of Topliss-reactive ketones (excluding diaryl/α,β-unsaturated/α-hetero) is 1.